The minimum absolute atomic E-state index is 0.146. The average Bonchev–Trinajstić information content (AvgIpc) is 2.62. The maximum Gasteiger partial charge on any atom is 0.226 e. The summed E-state index contributed by atoms with van der Waals surface area (Å²) in [7, 11) is 0. The van der Waals surface area contributed by atoms with Crippen molar-refractivity contribution in [3.8, 4) is 6.07 Å². The summed E-state index contributed by atoms with van der Waals surface area (Å²) < 4.78 is 0. The maximum absolute atomic E-state index is 12.9. The van der Waals surface area contributed by atoms with Crippen molar-refractivity contribution in [2.45, 2.75) is 44.9 Å². The van der Waals surface area contributed by atoms with Crippen molar-refractivity contribution < 1.29 is 9.59 Å². The lowest BCUT2D eigenvalue weighted by Gasteiger charge is -2.55. The van der Waals surface area contributed by atoms with Gasteiger partial charge in [0.25, 0.3) is 0 Å². The van der Waals surface area contributed by atoms with Crippen molar-refractivity contribution in [3.05, 3.63) is 28.8 Å². The number of nitrogens with one attached hydrogen (secondary N) is 2. The van der Waals surface area contributed by atoms with Gasteiger partial charge in [-0.25, -0.2) is 0 Å². The largest absolute Gasteiger partial charge is 0.355 e. The van der Waals surface area contributed by atoms with Crippen LogP contribution in [0.25, 0.3) is 0 Å². The van der Waals surface area contributed by atoms with Gasteiger partial charge in [0.15, 0.2) is 0 Å². The van der Waals surface area contributed by atoms with Crippen molar-refractivity contribution in [3.63, 3.8) is 0 Å². The average molecular weight is 386 g/mol. The lowest BCUT2D eigenvalue weighted by atomic mass is 9.49. The number of rotatable bonds is 5. The van der Waals surface area contributed by atoms with E-state index in [0.29, 0.717) is 22.8 Å². The molecule has 2 N–H and O–H groups in total. The molecule has 2 amide bonds. The van der Waals surface area contributed by atoms with Crippen LogP contribution in [-0.2, 0) is 9.59 Å². The summed E-state index contributed by atoms with van der Waals surface area (Å²) in [4.78, 5) is 25.0. The number of benzene rings is 1. The molecule has 5 rings (SSSR count). The van der Waals surface area contributed by atoms with Crippen molar-refractivity contribution in [1.82, 2.24) is 5.32 Å². The van der Waals surface area contributed by atoms with E-state index in [-0.39, 0.29) is 23.7 Å². The summed E-state index contributed by atoms with van der Waals surface area (Å²) >= 11 is 5.90. The highest BCUT2D eigenvalue weighted by Crippen LogP contribution is 2.60. The number of carbonyl (C=O) groups is 2. The van der Waals surface area contributed by atoms with Crippen LogP contribution >= 0.6 is 11.6 Å². The van der Waals surface area contributed by atoms with Crippen LogP contribution in [-0.4, -0.2) is 18.4 Å². The molecule has 1 aromatic rings. The van der Waals surface area contributed by atoms with Crippen molar-refractivity contribution in [2.24, 2.45) is 23.2 Å². The van der Waals surface area contributed by atoms with E-state index < -0.39 is 0 Å². The summed E-state index contributed by atoms with van der Waals surface area (Å²) in [6.07, 6.45) is 7.21. The molecule has 0 spiro atoms. The molecular formula is C21H24ClN3O2. The molecule has 0 aromatic heterocycles. The van der Waals surface area contributed by atoms with E-state index in [1.807, 2.05) is 6.07 Å². The second-order valence-corrected chi connectivity index (χ2v) is 8.97. The van der Waals surface area contributed by atoms with Gasteiger partial charge >= 0.3 is 0 Å². The molecule has 1 aromatic carbocycles. The molecule has 4 bridgehead atoms. The topological polar surface area (TPSA) is 82.0 Å². The van der Waals surface area contributed by atoms with Gasteiger partial charge in [-0.15, -0.1) is 0 Å². The van der Waals surface area contributed by atoms with Gasteiger partial charge in [0.05, 0.1) is 10.6 Å². The molecule has 0 aliphatic heterocycles. The number of amides is 2. The SMILES string of the molecule is N#Cc1cc(NC(=O)CCNC(=O)C23CC4CC(CC(C4)C2)C3)ccc1Cl. The molecule has 142 valence electrons. The number of halogens is 1. The minimum atomic E-state index is -0.188. The van der Waals surface area contributed by atoms with Gasteiger partial charge in [0.1, 0.15) is 6.07 Å². The molecule has 0 atom stereocenters. The van der Waals surface area contributed by atoms with Crippen LogP contribution < -0.4 is 10.6 Å². The summed E-state index contributed by atoms with van der Waals surface area (Å²) in [5, 5.41) is 15.1. The summed E-state index contributed by atoms with van der Waals surface area (Å²) in [5.41, 5.74) is 0.682. The first-order valence-electron chi connectivity index (χ1n) is 9.75. The fourth-order valence-electron chi connectivity index (χ4n) is 5.78. The number of hydrogen-bond donors (Lipinski definition) is 2. The Morgan fingerprint density at radius 2 is 1.78 bits per heavy atom. The predicted molar refractivity (Wildman–Crippen MR) is 103 cm³/mol. The fraction of sp³-hybridized carbons (Fsp3) is 0.571. The molecule has 0 radical (unpaired) electrons. The molecule has 4 saturated carbocycles. The molecule has 4 fully saturated rings. The van der Waals surface area contributed by atoms with Crippen LogP contribution in [0.3, 0.4) is 0 Å². The van der Waals surface area contributed by atoms with Crippen LogP contribution in [0, 0.1) is 34.5 Å². The smallest absolute Gasteiger partial charge is 0.226 e. The third kappa shape index (κ3) is 3.68. The zero-order chi connectivity index (χ0) is 19.0. The van der Waals surface area contributed by atoms with Crippen LogP contribution in [0.1, 0.15) is 50.5 Å². The van der Waals surface area contributed by atoms with Gasteiger partial charge in [-0.3, -0.25) is 9.59 Å². The zero-order valence-electron chi connectivity index (χ0n) is 15.3. The third-order valence-corrected chi connectivity index (χ3v) is 6.86. The Bertz CT molecular complexity index is 779. The Labute approximate surface area is 164 Å². The van der Waals surface area contributed by atoms with Crippen molar-refractivity contribution in [1.29, 1.82) is 5.26 Å². The van der Waals surface area contributed by atoms with Crippen molar-refractivity contribution in [2.75, 3.05) is 11.9 Å². The molecule has 5 nitrogen and oxygen atoms in total. The first kappa shape index (κ1) is 18.3. The Morgan fingerprint density at radius 1 is 1.15 bits per heavy atom. The van der Waals surface area contributed by atoms with E-state index in [1.165, 1.54) is 19.3 Å². The van der Waals surface area contributed by atoms with E-state index in [9.17, 15) is 9.59 Å². The molecule has 6 heteroatoms. The van der Waals surface area contributed by atoms with Gasteiger partial charge in [0.2, 0.25) is 11.8 Å². The fourth-order valence-corrected chi connectivity index (χ4v) is 5.94. The maximum atomic E-state index is 12.9. The summed E-state index contributed by atoms with van der Waals surface area (Å²) in [5.74, 6) is 2.14. The third-order valence-electron chi connectivity index (χ3n) is 6.53. The molecular weight excluding hydrogens is 362 g/mol. The van der Waals surface area contributed by atoms with E-state index in [2.05, 4.69) is 10.6 Å². The van der Waals surface area contributed by atoms with Gasteiger partial charge in [-0.2, -0.15) is 5.26 Å². The highest BCUT2D eigenvalue weighted by Gasteiger charge is 2.54. The van der Waals surface area contributed by atoms with Crippen LogP contribution in [0.2, 0.25) is 5.02 Å². The molecule has 0 unspecified atom stereocenters. The Hall–Kier alpha value is -2.06. The standard InChI is InChI=1S/C21H24ClN3O2/c22-18-2-1-17(8-16(18)12-23)25-19(26)3-4-24-20(27)21-9-13-5-14(10-21)7-15(6-13)11-21/h1-2,8,13-15H,3-7,9-11H2,(H,24,27)(H,25,26). The van der Waals surface area contributed by atoms with Gasteiger partial charge < -0.3 is 10.6 Å². The van der Waals surface area contributed by atoms with Gasteiger partial charge in [-0.05, 0) is 74.5 Å². The van der Waals surface area contributed by atoms with Crippen molar-refractivity contribution >= 4 is 29.1 Å². The van der Waals surface area contributed by atoms with Gasteiger partial charge in [-0.1, -0.05) is 11.6 Å². The van der Waals surface area contributed by atoms with E-state index >= 15 is 0 Å². The second kappa shape index (κ2) is 7.16. The second-order valence-electron chi connectivity index (χ2n) is 8.56. The first-order valence-corrected chi connectivity index (χ1v) is 10.1. The number of carbonyl (C=O) groups excluding carboxylic acids is 2. The quantitative estimate of drug-likeness (QED) is 0.807. The molecule has 27 heavy (non-hydrogen) atoms. The van der Waals surface area contributed by atoms with Crippen LogP contribution in [0.4, 0.5) is 5.69 Å². The van der Waals surface area contributed by atoms with Crippen LogP contribution in [0.5, 0.6) is 0 Å². The van der Waals surface area contributed by atoms with E-state index in [1.54, 1.807) is 18.2 Å². The molecule has 4 aliphatic carbocycles. The molecule has 0 heterocycles. The number of hydrogen-bond acceptors (Lipinski definition) is 3. The van der Waals surface area contributed by atoms with Gasteiger partial charge in [0, 0.05) is 24.1 Å². The summed E-state index contributed by atoms with van der Waals surface area (Å²) in [6, 6.07) is 6.79. The number of nitriles is 1. The Kier molecular flexibility index (Phi) is 4.86. The van der Waals surface area contributed by atoms with E-state index in [0.717, 1.165) is 37.0 Å². The monoisotopic (exact) mass is 385 g/mol. The highest BCUT2D eigenvalue weighted by atomic mass is 35.5. The normalized spacial score (nSPS) is 30.6. The Morgan fingerprint density at radius 3 is 2.37 bits per heavy atom. The lowest BCUT2D eigenvalue weighted by Crippen LogP contribution is -2.53. The zero-order valence-corrected chi connectivity index (χ0v) is 16.0. The Balaban J connectivity index is 1.28. The predicted octanol–water partition coefficient (Wildman–Crippen LogP) is 3.87. The summed E-state index contributed by atoms with van der Waals surface area (Å²) in [6.45, 7) is 0.338. The highest BCUT2D eigenvalue weighted by molar-refractivity contribution is 6.31. The van der Waals surface area contributed by atoms with E-state index in [4.69, 9.17) is 16.9 Å². The number of anilines is 1. The first-order chi connectivity index (χ1) is 13.0. The number of nitrogens with zero attached hydrogens (tertiary/aromatic N) is 1. The van der Waals surface area contributed by atoms with Crippen LogP contribution in [0.15, 0.2) is 18.2 Å². The molecule has 4 aliphatic rings. The molecule has 0 saturated heterocycles. The minimum Gasteiger partial charge on any atom is -0.355 e. The lowest BCUT2D eigenvalue weighted by molar-refractivity contribution is -0.146.